The molecule has 0 saturated carbocycles. The number of hydrazine groups is 1. The predicted molar refractivity (Wildman–Crippen MR) is 101 cm³/mol. The molecule has 1 aromatic carbocycles. The summed E-state index contributed by atoms with van der Waals surface area (Å²) >= 11 is 0. The highest BCUT2D eigenvalue weighted by molar-refractivity contribution is 5.87. The Morgan fingerprint density at radius 3 is 2.25 bits per heavy atom. The van der Waals surface area contributed by atoms with Crippen LogP contribution in [0, 0.1) is 0 Å². The zero-order valence-electron chi connectivity index (χ0n) is 16.5. The molecule has 0 aliphatic carbocycles. The van der Waals surface area contributed by atoms with Crippen LogP contribution in [0.15, 0.2) is 30.3 Å². The van der Waals surface area contributed by atoms with Crippen molar-refractivity contribution in [3.8, 4) is 0 Å². The van der Waals surface area contributed by atoms with E-state index in [0.29, 0.717) is 0 Å². The summed E-state index contributed by atoms with van der Waals surface area (Å²) in [7, 11) is 0. The summed E-state index contributed by atoms with van der Waals surface area (Å²) in [6.45, 7) is 6.37. The van der Waals surface area contributed by atoms with Crippen LogP contribution >= 0.6 is 0 Å². The van der Waals surface area contributed by atoms with Crippen molar-refractivity contribution < 1.29 is 28.7 Å². The average Bonchev–Trinajstić information content (AvgIpc) is 2.60. The number of amides is 3. The Bertz CT molecular complexity index is 685. The largest absolute Gasteiger partial charge is 0.461 e. The van der Waals surface area contributed by atoms with E-state index in [1.54, 1.807) is 20.8 Å². The van der Waals surface area contributed by atoms with Crippen LogP contribution < -0.4 is 16.2 Å². The maximum absolute atomic E-state index is 12.2. The Kier molecular flexibility index (Phi) is 8.94. The minimum Gasteiger partial charge on any atom is -0.461 e. The highest BCUT2D eigenvalue weighted by Gasteiger charge is 2.25. The molecule has 0 spiro atoms. The van der Waals surface area contributed by atoms with Gasteiger partial charge in [-0.3, -0.25) is 25.2 Å². The number of alkyl carbamates (subject to hydrolysis) is 1. The monoisotopic (exact) mass is 393 g/mol. The summed E-state index contributed by atoms with van der Waals surface area (Å²) in [5.74, 6) is -1.68. The number of hydrogen-bond donors (Lipinski definition) is 3. The lowest BCUT2D eigenvalue weighted by atomic mass is 10.1. The number of carbonyl (C=O) groups is 4. The lowest BCUT2D eigenvalue weighted by molar-refractivity contribution is -0.145. The van der Waals surface area contributed by atoms with E-state index in [4.69, 9.17) is 9.47 Å². The number of carbonyl (C=O) groups excluding carboxylic acids is 4. The van der Waals surface area contributed by atoms with E-state index >= 15 is 0 Å². The topological polar surface area (TPSA) is 123 Å². The molecule has 0 fully saturated rings. The second-order valence-corrected chi connectivity index (χ2v) is 7.05. The molecular weight excluding hydrogens is 366 g/mol. The fraction of sp³-hybridized carbons (Fsp3) is 0.474. The van der Waals surface area contributed by atoms with E-state index in [1.165, 1.54) is 6.92 Å². The fourth-order valence-corrected chi connectivity index (χ4v) is 2.03. The highest BCUT2D eigenvalue weighted by Crippen LogP contribution is 2.09. The van der Waals surface area contributed by atoms with E-state index in [0.717, 1.165) is 5.56 Å². The maximum atomic E-state index is 12.2. The van der Waals surface area contributed by atoms with Gasteiger partial charge in [-0.25, -0.2) is 4.79 Å². The van der Waals surface area contributed by atoms with Gasteiger partial charge >= 0.3 is 12.1 Å². The number of benzene rings is 1. The molecule has 3 N–H and O–H groups in total. The number of ether oxygens (including phenoxy) is 2. The summed E-state index contributed by atoms with van der Waals surface area (Å²) in [5.41, 5.74) is 4.39. The van der Waals surface area contributed by atoms with Gasteiger partial charge in [-0.2, -0.15) is 0 Å². The third-order valence-electron chi connectivity index (χ3n) is 3.25. The SMILES string of the molecule is CC(=O)NNC(=O)[C@H](CCC(=O)OCc1ccccc1)NC(=O)OC(C)(C)C. The molecule has 1 atom stereocenters. The normalized spacial score (nSPS) is 11.7. The van der Waals surface area contributed by atoms with Crippen molar-refractivity contribution in [2.45, 2.75) is 58.8 Å². The van der Waals surface area contributed by atoms with Crippen molar-refractivity contribution in [3.63, 3.8) is 0 Å². The van der Waals surface area contributed by atoms with Crippen molar-refractivity contribution in [1.82, 2.24) is 16.2 Å². The molecule has 0 bridgehead atoms. The molecule has 9 nitrogen and oxygen atoms in total. The molecule has 0 saturated heterocycles. The van der Waals surface area contributed by atoms with Gasteiger partial charge in [-0.05, 0) is 32.8 Å². The van der Waals surface area contributed by atoms with Crippen molar-refractivity contribution in [2.24, 2.45) is 0 Å². The Balaban J connectivity index is 2.59. The third-order valence-corrected chi connectivity index (χ3v) is 3.25. The lowest BCUT2D eigenvalue weighted by Crippen LogP contribution is -2.52. The van der Waals surface area contributed by atoms with E-state index < -0.39 is 35.5 Å². The summed E-state index contributed by atoms with van der Waals surface area (Å²) in [4.78, 5) is 47.1. The molecule has 0 radical (unpaired) electrons. The Morgan fingerprint density at radius 2 is 1.68 bits per heavy atom. The maximum Gasteiger partial charge on any atom is 0.408 e. The van der Waals surface area contributed by atoms with Gasteiger partial charge in [0, 0.05) is 13.3 Å². The van der Waals surface area contributed by atoms with Gasteiger partial charge in [-0.15, -0.1) is 0 Å². The Morgan fingerprint density at radius 1 is 1.04 bits per heavy atom. The highest BCUT2D eigenvalue weighted by atomic mass is 16.6. The van der Waals surface area contributed by atoms with Gasteiger partial charge in [-0.1, -0.05) is 30.3 Å². The minimum atomic E-state index is -1.09. The second-order valence-electron chi connectivity index (χ2n) is 7.05. The van der Waals surface area contributed by atoms with E-state index in [9.17, 15) is 19.2 Å². The van der Waals surface area contributed by atoms with Gasteiger partial charge in [0.2, 0.25) is 5.91 Å². The smallest absolute Gasteiger partial charge is 0.408 e. The molecule has 0 aliphatic rings. The molecule has 0 heterocycles. The van der Waals surface area contributed by atoms with E-state index in [2.05, 4.69) is 16.2 Å². The van der Waals surface area contributed by atoms with E-state index in [1.807, 2.05) is 30.3 Å². The summed E-state index contributed by atoms with van der Waals surface area (Å²) in [5, 5.41) is 2.39. The van der Waals surface area contributed by atoms with E-state index in [-0.39, 0.29) is 19.4 Å². The lowest BCUT2D eigenvalue weighted by Gasteiger charge is -2.23. The van der Waals surface area contributed by atoms with Gasteiger partial charge in [0.15, 0.2) is 0 Å². The van der Waals surface area contributed by atoms with Gasteiger partial charge in [0.1, 0.15) is 18.2 Å². The molecule has 3 amide bonds. The molecule has 1 aromatic rings. The standard InChI is InChI=1S/C19H27N3O6/c1-13(23)21-22-17(25)15(20-18(26)28-19(2,3)4)10-11-16(24)27-12-14-8-6-5-7-9-14/h5-9,15H,10-12H2,1-4H3,(H,20,26)(H,21,23)(H,22,25)/t15-/m0/s1. The van der Waals surface area contributed by atoms with Crippen molar-refractivity contribution in [3.05, 3.63) is 35.9 Å². The van der Waals surface area contributed by atoms with Crippen LogP contribution in [0.3, 0.4) is 0 Å². The van der Waals surface area contributed by atoms with Crippen molar-refractivity contribution in [1.29, 1.82) is 0 Å². The average molecular weight is 393 g/mol. The molecule has 154 valence electrons. The van der Waals surface area contributed by atoms with Gasteiger partial charge < -0.3 is 14.8 Å². The van der Waals surface area contributed by atoms with Crippen LogP contribution in [0.4, 0.5) is 4.79 Å². The van der Waals surface area contributed by atoms with Crippen LogP contribution in [-0.4, -0.2) is 35.5 Å². The van der Waals surface area contributed by atoms with Gasteiger partial charge in [0.25, 0.3) is 5.91 Å². The first-order valence-corrected chi connectivity index (χ1v) is 8.82. The van der Waals surface area contributed by atoms with Crippen molar-refractivity contribution in [2.75, 3.05) is 0 Å². The molecule has 28 heavy (non-hydrogen) atoms. The summed E-state index contributed by atoms with van der Waals surface area (Å²) in [6, 6.07) is 8.06. The van der Waals surface area contributed by atoms with Crippen LogP contribution in [0.2, 0.25) is 0 Å². The second kappa shape index (κ2) is 10.9. The number of esters is 1. The first kappa shape index (κ1) is 22.9. The number of rotatable bonds is 7. The quantitative estimate of drug-likeness (QED) is 0.477. The third kappa shape index (κ3) is 10.1. The van der Waals surface area contributed by atoms with Gasteiger partial charge in [0.05, 0.1) is 0 Å². The molecule has 0 unspecified atom stereocenters. The summed E-state index contributed by atoms with van der Waals surface area (Å²) in [6.07, 6.45) is -0.952. The fourth-order valence-electron chi connectivity index (χ4n) is 2.03. The summed E-state index contributed by atoms with van der Waals surface area (Å²) < 4.78 is 10.3. The van der Waals surface area contributed by atoms with Crippen LogP contribution in [0.1, 0.15) is 46.1 Å². The molecule has 0 aliphatic heterocycles. The molecule has 1 rings (SSSR count). The Labute approximate surface area is 164 Å². The molecular formula is C19H27N3O6. The van der Waals surface area contributed by atoms with Crippen LogP contribution in [0.5, 0.6) is 0 Å². The molecule has 0 aromatic heterocycles. The first-order valence-electron chi connectivity index (χ1n) is 8.82. The Hall–Kier alpha value is -3.10. The van der Waals surface area contributed by atoms with Crippen LogP contribution in [0.25, 0.3) is 0 Å². The van der Waals surface area contributed by atoms with Crippen LogP contribution in [-0.2, 0) is 30.5 Å². The first-order chi connectivity index (χ1) is 13.1. The number of nitrogens with one attached hydrogen (secondary N) is 3. The number of hydrogen-bond acceptors (Lipinski definition) is 6. The zero-order chi connectivity index (χ0) is 21.2. The van der Waals surface area contributed by atoms with Crippen molar-refractivity contribution >= 4 is 23.9 Å². The molecule has 9 heteroatoms. The minimum absolute atomic E-state index is 0.0295. The zero-order valence-corrected chi connectivity index (χ0v) is 16.5. The predicted octanol–water partition coefficient (Wildman–Crippen LogP) is 1.57.